The van der Waals surface area contributed by atoms with Crippen molar-refractivity contribution in [1.82, 2.24) is 19.3 Å². The van der Waals surface area contributed by atoms with Gasteiger partial charge in [-0.2, -0.15) is 0 Å². The molecular weight excluding hydrogens is 334 g/mol. The second kappa shape index (κ2) is 8.51. The molecule has 0 amide bonds. The normalized spacial score (nSPS) is 17.1. The van der Waals surface area contributed by atoms with Crippen molar-refractivity contribution in [3.05, 3.63) is 43.1 Å². The molecule has 1 aliphatic rings. The van der Waals surface area contributed by atoms with Gasteiger partial charge >= 0.3 is 0 Å². The number of hydrogen-bond donors (Lipinski definition) is 0. The monoisotopic (exact) mass is 363 g/mol. The minimum Gasteiger partial charge on any atom is -0.347 e. The van der Waals surface area contributed by atoms with Gasteiger partial charge in [0.25, 0.3) is 0 Å². The largest absolute Gasteiger partial charge is 0.347 e. The molecule has 2 heterocycles. The lowest BCUT2D eigenvalue weighted by Gasteiger charge is -2.19. The zero-order chi connectivity index (χ0) is 18.5. The van der Waals surface area contributed by atoms with Crippen LogP contribution in [-0.4, -0.2) is 32.1 Å². The van der Waals surface area contributed by atoms with Crippen LogP contribution in [0.2, 0.25) is 0 Å². The third-order valence-corrected chi connectivity index (χ3v) is 5.71. The molecule has 5 nitrogen and oxygen atoms in total. The maximum absolute atomic E-state index is 4.72. The summed E-state index contributed by atoms with van der Waals surface area (Å²) in [6, 6.07) is 8.67. The SMILES string of the molecule is CC(CC=NCC1CCCCC1)Cn1ccc2ccc(-n3cnnc3)cc21. The first-order valence-electron chi connectivity index (χ1n) is 10.2. The van der Waals surface area contributed by atoms with Gasteiger partial charge in [0.05, 0.1) is 11.2 Å². The van der Waals surface area contributed by atoms with Crippen molar-refractivity contribution in [2.24, 2.45) is 16.8 Å². The summed E-state index contributed by atoms with van der Waals surface area (Å²) < 4.78 is 4.29. The summed E-state index contributed by atoms with van der Waals surface area (Å²) in [4.78, 5) is 4.72. The fourth-order valence-corrected chi connectivity index (χ4v) is 4.08. The minimum absolute atomic E-state index is 0.564. The summed E-state index contributed by atoms with van der Waals surface area (Å²) >= 11 is 0. The molecule has 5 heteroatoms. The van der Waals surface area contributed by atoms with Crippen LogP contribution in [0.25, 0.3) is 16.6 Å². The van der Waals surface area contributed by atoms with Crippen molar-refractivity contribution in [1.29, 1.82) is 0 Å². The number of aromatic nitrogens is 4. The van der Waals surface area contributed by atoms with Crippen LogP contribution in [0.1, 0.15) is 45.4 Å². The molecule has 0 aliphatic heterocycles. The van der Waals surface area contributed by atoms with E-state index in [2.05, 4.69) is 58.4 Å². The molecule has 1 fully saturated rings. The molecule has 1 aromatic carbocycles. The highest BCUT2D eigenvalue weighted by Crippen LogP contribution is 2.24. The number of hydrogen-bond acceptors (Lipinski definition) is 3. The fourth-order valence-electron chi connectivity index (χ4n) is 4.08. The molecule has 1 saturated carbocycles. The summed E-state index contributed by atoms with van der Waals surface area (Å²) in [5.41, 5.74) is 2.35. The van der Waals surface area contributed by atoms with Gasteiger partial charge in [0.2, 0.25) is 0 Å². The lowest BCUT2D eigenvalue weighted by molar-refractivity contribution is 0.367. The van der Waals surface area contributed by atoms with Gasteiger partial charge in [0.1, 0.15) is 12.7 Å². The van der Waals surface area contributed by atoms with Crippen molar-refractivity contribution in [3.8, 4) is 5.69 Å². The van der Waals surface area contributed by atoms with Gasteiger partial charge < -0.3 is 4.57 Å². The van der Waals surface area contributed by atoms with E-state index in [1.807, 2.05) is 4.57 Å². The van der Waals surface area contributed by atoms with E-state index in [0.717, 1.165) is 31.1 Å². The van der Waals surface area contributed by atoms with E-state index in [-0.39, 0.29) is 0 Å². The van der Waals surface area contributed by atoms with E-state index in [4.69, 9.17) is 4.99 Å². The average molecular weight is 364 g/mol. The summed E-state index contributed by atoms with van der Waals surface area (Å²) in [6.07, 6.45) is 15.8. The Kier molecular flexibility index (Phi) is 5.66. The zero-order valence-corrected chi connectivity index (χ0v) is 16.2. The van der Waals surface area contributed by atoms with E-state index < -0.39 is 0 Å². The topological polar surface area (TPSA) is 48.0 Å². The Labute approximate surface area is 161 Å². The minimum atomic E-state index is 0.564. The molecule has 0 N–H and O–H groups in total. The van der Waals surface area contributed by atoms with Crippen LogP contribution < -0.4 is 0 Å². The molecule has 0 bridgehead atoms. The number of aliphatic imine (C=N–C) groups is 1. The molecule has 2 aromatic heterocycles. The maximum Gasteiger partial charge on any atom is 0.123 e. The smallest absolute Gasteiger partial charge is 0.123 e. The van der Waals surface area contributed by atoms with Gasteiger partial charge in [-0.15, -0.1) is 10.2 Å². The first kappa shape index (κ1) is 18.0. The summed E-state index contributed by atoms with van der Waals surface area (Å²) in [5, 5.41) is 9.08. The molecule has 3 aromatic rings. The number of benzene rings is 1. The summed E-state index contributed by atoms with van der Waals surface area (Å²) in [7, 11) is 0. The van der Waals surface area contributed by atoms with Crippen LogP contribution in [0.4, 0.5) is 0 Å². The quantitative estimate of drug-likeness (QED) is 0.561. The van der Waals surface area contributed by atoms with Gasteiger partial charge in [0.15, 0.2) is 0 Å². The number of fused-ring (bicyclic) bond motifs is 1. The van der Waals surface area contributed by atoms with Crippen molar-refractivity contribution in [2.45, 2.75) is 52.0 Å². The third kappa shape index (κ3) is 4.46. The fraction of sp³-hybridized carbons (Fsp3) is 0.500. The van der Waals surface area contributed by atoms with Gasteiger partial charge in [0, 0.05) is 19.3 Å². The predicted octanol–water partition coefficient (Wildman–Crippen LogP) is 4.90. The molecule has 142 valence electrons. The van der Waals surface area contributed by atoms with Gasteiger partial charge in [-0.1, -0.05) is 32.3 Å². The second-order valence-electron chi connectivity index (χ2n) is 7.97. The Balaban J connectivity index is 1.36. The zero-order valence-electron chi connectivity index (χ0n) is 16.2. The second-order valence-corrected chi connectivity index (χ2v) is 7.97. The highest BCUT2D eigenvalue weighted by atomic mass is 15.2. The molecule has 0 radical (unpaired) electrons. The van der Waals surface area contributed by atoms with Crippen molar-refractivity contribution < 1.29 is 0 Å². The first-order valence-corrected chi connectivity index (χ1v) is 10.2. The molecule has 1 aliphatic carbocycles. The van der Waals surface area contributed by atoms with Crippen molar-refractivity contribution >= 4 is 17.1 Å². The van der Waals surface area contributed by atoms with E-state index >= 15 is 0 Å². The van der Waals surface area contributed by atoms with Crippen molar-refractivity contribution in [3.63, 3.8) is 0 Å². The molecule has 4 rings (SSSR count). The van der Waals surface area contributed by atoms with Crippen LogP contribution in [0.15, 0.2) is 48.1 Å². The Bertz CT molecular complexity index is 871. The highest BCUT2D eigenvalue weighted by molar-refractivity contribution is 5.82. The molecule has 0 spiro atoms. The van der Waals surface area contributed by atoms with Gasteiger partial charge in [-0.25, -0.2) is 0 Å². The standard InChI is InChI=1S/C22H29N5/c1-18(9-11-23-14-19-5-3-2-4-6-19)15-26-12-10-20-7-8-21(13-22(20)26)27-16-24-25-17-27/h7-8,10-13,16-19H,2-6,9,14-15H2,1H3. The lowest BCUT2D eigenvalue weighted by atomic mass is 9.89. The molecule has 27 heavy (non-hydrogen) atoms. The maximum atomic E-state index is 4.72. The van der Waals surface area contributed by atoms with Gasteiger partial charge in [-0.3, -0.25) is 9.56 Å². The van der Waals surface area contributed by atoms with Crippen LogP contribution in [-0.2, 0) is 6.54 Å². The van der Waals surface area contributed by atoms with E-state index in [1.54, 1.807) is 12.7 Å². The third-order valence-electron chi connectivity index (χ3n) is 5.71. The average Bonchev–Trinajstić information content (AvgIpc) is 3.36. The molecule has 1 atom stereocenters. The Morgan fingerprint density at radius 2 is 1.96 bits per heavy atom. The number of rotatable bonds is 7. The summed E-state index contributed by atoms with van der Waals surface area (Å²) in [6.45, 7) is 4.34. The van der Waals surface area contributed by atoms with E-state index in [9.17, 15) is 0 Å². The van der Waals surface area contributed by atoms with Crippen LogP contribution in [0, 0.1) is 11.8 Å². The molecular formula is C22H29N5. The number of nitrogens with zero attached hydrogens (tertiary/aromatic N) is 5. The van der Waals surface area contributed by atoms with E-state index in [1.165, 1.54) is 43.0 Å². The predicted molar refractivity (Wildman–Crippen MR) is 111 cm³/mol. The summed E-state index contributed by atoms with van der Waals surface area (Å²) in [5.74, 6) is 1.39. The lowest BCUT2D eigenvalue weighted by Crippen LogP contribution is -2.10. The van der Waals surface area contributed by atoms with Crippen molar-refractivity contribution in [2.75, 3.05) is 6.54 Å². The highest BCUT2D eigenvalue weighted by Gasteiger charge is 2.12. The molecule has 0 saturated heterocycles. The molecule has 1 unspecified atom stereocenters. The van der Waals surface area contributed by atoms with E-state index in [0.29, 0.717) is 5.92 Å². The van der Waals surface area contributed by atoms with Crippen LogP contribution >= 0.6 is 0 Å². The Morgan fingerprint density at radius 1 is 1.15 bits per heavy atom. The van der Waals surface area contributed by atoms with Crippen LogP contribution in [0.3, 0.4) is 0 Å². The van der Waals surface area contributed by atoms with Gasteiger partial charge in [-0.05, 0) is 60.9 Å². The Morgan fingerprint density at radius 3 is 2.78 bits per heavy atom. The first-order chi connectivity index (χ1) is 13.3. The Hall–Kier alpha value is -2.43. The van der Waals surface area contributed by atoms with Crippen LogP contribution in [0.5, 0.6) is 0 Å².